The Morgan fingerprint density at radius 1 is 1.24 bits per heavy atom. The van der Waals surface area contributed by atoms with Gasteiger partial charge in [0.25, 0.3) is 0 Å². The van der Waals surface area contributed by atoms with Gasteiger partial charge in [-0.1, -0.05) is 25.1 Å². The van der Waals surface area contributed by atoms with Gasteiger partial charge in [0.1, 0.15) is 5.82 Å². The molecule has 0 bridgehead atoms. The summed E-state index contributed by atoms with van der Waals surface area (Å²) < 4.78 is 40.8. The highest BCUT2D eigenvalue weighted by Gasteiger charge is 2.34. The van der Waals surface area contributed by atoms with Crippen molar-refractivity contribution in [1.29, 1.82) is 0 Å². The number of nitrogens with zero attached hydrogens (tertiary/aromatic N) is 3. The van der Waals surface area contributed by atoms with Gasteiger partial charge in [-0.25, -0.2) is 4.98 Å². The van der Waals surface area contributed by atoms with Crippen molar-refractivity contribution in [1.82, 2.24) is 14.6 Å². The minimum absolute atomic E-state index is 0.0881. The Bertz CT molecular complexity index is 876. The third kappa shape index (κ3) is 3.58. The van der Waals surface area contributed by atoms with Crippen LogP contribution in [0.1, 0.15) is 29.8 Å². The molecule has 8 heteroatoms. The number of benzene rings is 1. The molecule has 0 aliphatic rings. The van der Waals surface area contributed by atoms with Crippen molar-refractivity contribution in [2.45, 2.75) is 25.6 Å². The van der Waals surface area contributed by atoms with Crippen LogP contribution in [-0.4, -0.2) is 26.2 Å². The smallest absolute Gasteiger partial charge is 0.387 e. The van der Waals surface area contributed by atoms with Gasteiger partial charge in [-0.05, 0) is 18.1 Å². The Morgan fingerprint density at radius 2 is 2.00 bits per heavy atom. The van der Waals surface area contributed by atoms with Gasteiger partial charge in [-0.2, -0.15) is 22.8 Å². The molecular formula is C17H17F3N4O. The van der Waals surface area contributed by atoms with Gasteiger partial charge in [0.05, 0.1) is 17.9 Å². The Balaban J connectivity index is 1.84. The van der Waals surface area contributed by atoms with Crippen LogP contribution in [0.25, 0.3) is 5.65 Å². The zero-order valence-electron chi connectivity index (χ0n) is 13.5. The van der Waals surface area contributed by atoms with E-state index >= 15 is 0 Å². The Labute approximate surface area is 142 Å². The minimum Gasteiger partial charge on any atom is -0.387 e. The highest BCUT2D eigenvalue weighted by atomic mass is 19.4. The van der Waals surface area contributed by atoms with Gasteiger partial charge in [-0.3, -0.25) is 0 Å². The molecule has 0 unspecified atom stereocenters. The molecule has 0 amide bonds. The van der Waals surface area contributed by atoms with Crippen molar-refractivity contribution in [3.05, 3.63) is 59.4 Å². The fourth-order valence-electron chi connectivity index (χ4n) is 2.63. The van der Waals surface area contributed by atoms with E-state index < -0.39 is 17.8 Å². The van der Waals surface area contributed by atoms with E-state index in [9.17, 15) is 18.3 Å². The van der Waals surface area contributed by atoms with Crippen LogP contribution in [0.4, 0.5) is 19.0 Å². The molecule has 0 fully saturated rings. The van der Waals surface area contributed by atoms with E-state index in [1.165, 1.54) is 18.2 Å². The lowest BCUT2D eigenvalue weighted by molar-refractivity contribution is -0.139. The molecule has 3 aromatic rings. The van der Waals surface area contributed by atoms with Crippen LogP contribution in [0.5, 0.6) is 0 Å². The molecular weight excluding hydrogens is 333 g/mol. The van der Waals surface area contributed by atoms with Gasteiger partial charge >= 0.3 is 6.18 Å². The predicted molar refractivity (Wildman–Crippen MR) is 87.3 cm³/mol. The molecule has 132 valence electrons. The molecule has 2 aromatic heterocycles. The topological polar surface area (TPSA) is 62.5 Å². The summed E-state index contributed by atoms with van der Waals surface area (Å²) >= 11 is 0. The molecule has 3 rings (SSSR count). The zero-order valence-corrected chi connectivity index (χ0v) is 13.5. The van der Waals surface area contributed by atoms with E-state index in [0.29, 0.717) is 17.9 Å². The molecule has 0 saturated carbocycles. The monoisotopic (exact) mass is 350 g/mol. The number of aryl methyl sites for hydroxylation is 1. The van der Waals surface area contributed by atoms with E-state index in [1.807, 2.05) is 6.92 Å². The van der Waals surface area contributed by atoms with Gasteiger partial charge in [0.2, 0.25) is 0 Å². The quantitative estimate of drug-likeness (QED) is 0.740. The summed E-state index contributed by atoms with van der Waals surface area (Å²) in [6.07, 6.45) is -3.54. The number of halogens is 3. The molecule has 0 radical (unpaired) electrons. The first kappa shape index (κ1) is 17.2. The number of aliphatic hydroxyl groups excluding tert-OH is 1. The maximum Gasteiger partial charge on any atom is 0.416 e. The first-order valence-electron chi connectivity index (χ1n) is 7.82. The Kier molecular flexibility index (Phi) is 4.63. The summed E-state index contributed by atoms with van der Waals surface area (Å²) in [5, 5.41) is 17.4. The zero-order chi connectivity index (χ0) is 18.0. The second kappa shape index (κ2) is 6.72. The summed E-state index contributed by atoms with van der Waals surface area (Å²) in [6, 6.07) is 8.52. The van der Waals surface area contributed by atoms with Crippen molar-refractivity contribution in [3.8, 4) is 0 Å². The number of aromatic nitrogens is 3. The highest BCUT2D eigenvalue weighted by molar-refractivity contribution is 5.49. The van der Waals surface area contributed by atoms with Crippen molar-refractivity contribution in [2.75, 3.05) is 11.9 Å². The maximum absolute atomic E-state index is 13.1. The van der Waals surface area contributed by atoms with E-state index in [-0.39, 0.29) is 12.1 Å². The summed E-state index contributed by atoms with van der Waals surface area (Å²) in [5.41, 5.74) is 0.453. The van der Waals surface area contributed by atoms with Gasteiger partial charge in [0, 0.05) is 24.4 Å². The van der Waals surface area contributed by atoms with E-state index in [1.54, 1.807) is 22.8 Å². The fourth-order valence-corrected chi connectivity index (χ4v) is 2.63. The Morgan fingerprint density at radius 3 is 2.72 bits per heavy atom. The molecule has 25 heavy (non-hydrogen) atoms. The Hall–Kier alpha value is -2.61. The second-order valence-corrected chi connectivity index (χ2v) is 5.57. The number of rotatable bonds is 5. The number of fused-ring (bicyclic) bond motifs is 1. The van der Waals surface area contributed by atoms with Gasteiger partial charge in [0.15, 0.2) is 5.65 Å². The van der Waals surface area contributed by atoms with Crippen LogP contribution >= 0.6 is 0 Å². The number of hydrogen-bond donors (Lipinski definition) is 2. The van der Waals surface area contributed by atoms with Crippen LogP contribution in [0.15, 0.2) is 42.6 Å². The maximum atomic E-state index is 13.1. The summed E-state index contributed by atoms with van der Waals surface area (Å²) in [7, 11) is 0. The molecule has 0 saturated heterocycles. The largest absolute Gasteiger partial charge is 0.416 e. The molecule has 0 aliphatic carbocycles. The lowest BCUT2D eigenvalue weighted by Crippen LogP contribution is -2.19. The van der Waals surface area contributed by atoms with E-state index in [4.69, 9.17) is 0 Å². The lowest BCUT2D eigenvalue weighted by Gasteiger charge is -2.18. The van der Waals surface area contributed by atoms with Gasteiger partial charge < -0.3 is 10.4 Å². The number of anilines is 1. The van der Waals surface area contributed by atoms with E-state index in [0.717, 1.165) is 11.8 Å². The summed E-state index contributed by atoms with van der Waals surface area (Å²) in [5.74, 6) is 0.565. The van der Waals surface area contributed by atoms with Crippen LogP contribution < -0.4 is 5.32 Å². The SMILES string of the molecule is CCc1cc(NC[C@H](O)c2ccccc2C(F)(F)F)n2nccc2n1. The average molecular weight is 350 g/mol. The third-order valence-electron chi connectivity index (χ3n) is 3.88. The van der Waals surface area contributed by atoms with Crippen molar-refractivity contribution >= 4 is 11.5 Å². The second-order valence-electron chi connectivity index (χ2n) is 5.57. The van der Waals surface area contributed by atoms with Crippen LogP contribution in [0.2, 0.25) is 0 Å². The average Bonchev–Trinajstić information content (AvgIpc) is 3.07. The molecule has 2 heterocycles. The number of aliphatic hydroxyl groups is 1. The fraction of sp³-hybridized carbons (Fsp3) is 0.294. The molecule has 1 atom stereocenters. The number of nitrogens with one attached hydrogen (secondary N) is 1. The van der Waals surface area contributed by atoms with Gasteiger partial charge in [-0.15, -0.1) is 0 Å². The first-order chi connectivity index (χ1) is 11.9. The molecule has 2 N–H and O–H groups in total. The minimum atomic E-state index is -4.52. The standard InChI is InChI=1S/C17H17F3N4O/c1-2-11-9-16(24-15(23-11)7-8-22-24)21-10-14(25)12-5-3-4-6-13(12)17(18,19)20/h3-9,14,21,25H,2,10H2,1H3/t14-/m0/s1. The predicted octanol–water partition coefficient (Wildman–Crippen LogP) is 3.46. The van der Waals surface area contributed by atoms with Crippen LogP contribution in [0, 0.1) is 0 Å². The van der Waals surface area contributed by atoms with E-state index in [2.05, 4.69) is 15.4 Å². The van der Waals surface area contributed by atoms with Crippen LogP contribution in [-0.2, 0) is 12.6 Å². The molecule has 0 aliphatic heterocycles. The summed E-state index contributed by atoms with van der Waals surface area (Å²) in [4.78, 5) is 4.40. The van der Waals surface area contributed by atoms with Crippen LogP contribution in [0.3, 0.4) is 0 Å². The molecule has 1 aromatic carbocycles. The first-order valence-corrected chi connectivity index (χ1v) is 7.82. The van der Waals surface area contributed by atoms with Crippen molar-refractivity contribution < 1.29 is 18.3 Å². The molecule has 0 spiro atoms. The summed E-state index contributed by atoms with van der Waals surface area (Å²) in [6.45, 7) is 1.86. The van der Waals surface area contributed by atoms with Crippen molar-refractivity contribution in [2.24, 2.45) is 0 Å². The number of hydrogen-bond acceptors (Lipinski definition) is 4. The van der Waals surface area contributed by atoms with Crippen molar-refractivity contribution in [3.63, 3.8) is 0 Å². The number of alkyl halides is 3. The normalized spacial score (nSPS) is 13.2. The third-order valence-corrected chi connectivity index (χ3v) is 3.88. The highest BCUT2D eigenvalue weighted by Crippen LogP contribution is 2.34. The lowest BCUT2D eigenvalue weighted by atomic mass is 10.0. The molecule has 5 nitrogen and oxygen atoms in total.